The van der Waals surface area contributed by atoms with Crippen molar-refractivity contribution in [2.45, 2.75) is 97.8 Å². The van der Waals surface area contributed by atoms with E-state index in [9.17, 15) is 4.79 Å². The van der Waals surface area contributed by atoms with E-state index in [4.69, 9.17) is 5.11 Å². The Bertz CT molecular complexity index is 458. The van der Waals surface area contributed by atoms with Gasteiger partial charge in [-0.15, -0.1) is 0 Å². The Morgan fingerprint density at radius 2 is 1.70 bits per heavy atom. The fourth-order valence-electron chi connectivity index (χ4n) is 3.42. The summed E-state index contributed by atoms with van der Waals surface area (Å²) in [6, 6.07) is 10.9. The topological polar surface area (TPSA) is 37.3 Å². The van der Waals surface area contributed by atoms with E-state index in [0.29, 0.717) is 0 Å². The predicted octanol–water partition coefficient (Wildman–Crippen LogP) is 7.82. The molecule has 0 unspecified atom stereocenters. The van der Waals surface area contributed by atoms with Gasteiger partial charge in [0.1, 0.15) is 0 Å². The lowest BCUT2D eigenvalue weighted by Crippen LogP contribution is -1.93. The summed E-state index contributed by atoms with van der Waals surface area (Å²) in [5.74, 6) is 0.372. The molecule has 0 amide bonds. The second-order valence-corrected chi connectivity index (χ2v) is 7.09. The summed E-state index contributed by atoms with van der Waals surface area (Å²) in [6.45, 7) is 5.93. The van der Waals surface area contributed by atoms with Gasteiger partial charge >= 0.3 is 5.97 Å². The monoisotopic (exact) mass is 374 g/mol. The van der Waals surface area contributed by atoms with Gasteiger partial charge in [0.05, 0.1) is 0 Å². The molecular weight excluding hydrogens is 332 g/mol. The van der Waals surface area contributed by atoms with Crippen LogP contribution in [0, 0.1) is 5.92 Å². The van der Waals surface area contributed by atoms with Crippen LogP contribution >= 0.6 is 0 Å². The third-order valence-corrected chi connectivity index (χ3v) is 4.89. The molecule has 1 aliphatic rings. The van der Waals surface area contributed by atoms with E-state index in [0.717, 1.165) is 18.8 Å². The Kier molecular flexibility index (Phi) is 18.1. The molecule has 1 N–H and O–H groups in total. The number of aryl methyl sites for hydroxylation is 1. The van der Waals surface area contributed by atoms with E-state index < -0.39 is 5.97 Å². The largest absolute Gasteiger partial charge is 0.481 e. The number of aliphatic carboxylic acids is 1. The quantitative estimate of drug-likeness (QED) is 0.335. The average molecular weight is 375 g/mol. The van der Waals surface area contributed by atoms with E-state index in [1.807, 2.05) is 32.9 Å². The lowest BCUT2D eigenvalue weighted by molar-refractivity contribution is -0.137. The van der Waals surface area contributed by atoms with E-state index >= 15 is 0 Å². The van der Waals surface area contributed by atoms with Gasteiger partial charge in [0.2, 0.25) is 0 Å². The molecule has 0 radical (unpaired) electrons. The molecule has 0 aromatic heterocycles. The molecule has 0 aliphatic heterocycles. The molecule has 1 aromatic rings. The predicted molar refractivity (Wildman–Crippen MR) is 118 cm³/mol. The minimum atomic E-state index is -0.709. The van der Waals surface area contributed by atoms with Crippen LogP contribution in [0.5, 0.6) is 0 Å². The lowest BCUT2D eigenvalue weighted by atomic mass is 9.98. The van der Waals surface area contributed by atoms with Crippen LogP contribution in [0.1, 0.15) is 97.0 Å². The van der Waals surface area contributed by atoms with Crippen LogP contribution in [0.4, 0.5) is 0 Å². The third kappa shape index (κ3) is 16.3. The summed E-state index contributed by atoms with van der Waals surface area (Å²) in [7, 11) is 0. The van der Waals surface area contributed by atoms with Crippen molar-refractivity contribution in [3.05, 3.63) is 48.0 Å². The maximum atomic E-state index is 9.94. The number of hydrogen-bond donors (Lipinski definition) is 1. The van der Waals surface area contributed by atoms with Crippen molar-refractivity contribution in [3.8, 4) is 0 Å². The van der Waals surface area contributed by atoms with E-state index in [2.05, 4.69) is 30.3 Å². The van der Waals surface area contributed by atoms with Crippen LogP contribution in [-0.2, 0) is 11.2 Å². The zero-order valence-corrected chi connectivity index (χ0v) is 18.0. The standard InChI is InChI=1S/C16H24.C7H12O2.C2H6/c1-3-9-15(10-4-1)11-5-2-6-12-16-13-7-8-14-16;1-2-3-4-5-6-7(8)9;1-2/h1,3-4,9-10,16H,2,5-8,11-14H2;2-3H,4-6H2,1H3,(H,8,9);1-2H3/b;3-2-;. The van der Waals surface area contributed by atoms with Gasteiger partial charge in [0.25, 0.3) is 0 Å². The first-order valence-electron chi connectivity index (χ1n) is 11.1. The fourth-order valence-corrected chi connectivity index (χ4v) is 3.42. The number of hydrogen-bond acceptors (Lipinski definition) is 1. The summed E-state index contributed by atoms with van der Waals surface area (Å²) in [6.07, 6.45) is 18.8. The number of unbranched alkanes of at least 4 members (excludes halogenated alkanes) is 3. The van der Waals surface area contributed by atoms with E-state index in [1.54, 1.807) is 0 Å². The van der Waals surface area contributed by atoms with Gasteiger partial charge in [0, 0.05) is 6.42 Å². The highest BCUT2D eigenvalue weighted by Gasteiger charge is 2.13. The summed E-state index contributed by atoms with van der Waals surface area (Å²) in [5, 5.41) is 8.19. The van der Waals surface area contributed by atoms with Gasteiger partial charge in [-0.05, 0) is 44.1 Å². The van der Waals surface area contributed by atoms with Gasteiger partial charge < -0.3 is 5.11 Å². The minimum absolute atomic E-state index is 0.282. The summed E-state index contributed by atoms with van der Waals surface area (Å²) >= 11 is 0. The van der Waals surface area contributed by atoms with Crippen LogP contribution in [0.2, 0.25) is 0 Å². The second kappa shape index (κ2) is 19.2. The van der Waals surface area contributed by atoms with E-state index in [-0.39, 0.29) is 6.42 Å². The first kappa shape index (κ1) is 25.4. The molecule has 154 valence electrons. The summed E-state index contributed by atoms with van der Waals surface area (Å²) < 4.78 is 0. The SMILES string of the molecule is C/C=C\CCCC(=O)O.CC.c1ccc(CCCCCC2CCCC2)cc1. The molecule has 1 fully saturated rings. The molecule has 2 nitrogen and oxygen atoms in total. The van der Waals surface area contributed by atoms with Crippen molar-refractivity contribution < 1.29 is 9.90 Å². The van der Waals surface area contributed by atoms with Crippen molar-refractivity contribution in [1.82, 2.24) is 0 Å². The number of benzene rings is 1. The smallest absolute Gasteiger partial charge is 0.303 e. The average Bonchev–Trinajstić information content (AvgIpc) is 3.21. The molecule has 0 spiro atoms. The van der Waals surface area contributed by atoms with Gasteiger partial charge in [-0.2, -0.15) is 0 Å². The van der Waals surface area contributed by atoms with Gasteiger partial charge in [-0.1, -0.05) is 101 Å². The van der Waals surface area contributed by atoms with Crippen molar-refractivity contribution in [2.75, 3.05) is 0 Å². The molecule has 2 heteroatoms. The van der Waals surface area contributed by atoms with Crippen LogP contribution in [0.25, 0.3) is 0 Å². The van der Waals surface area contributed by atoms with Gasteiger partial charge in [-0.25, -0.2) is 0 Å². The number of carboxylic acids is 1. The molecule has 0 heterocycles. The lowest BCUT2D eigenvalue weighted by Gasteiger charge is -2.07. The van der Waals surface area contributed by atoms with Crippen LogP contribution in [0.3, 0.4) is 0 Å². The zero-order valence-electron chi connectivity index (χ0n) is 18.0. The maximum Gasteiger partial charge on any atom is 0.303 e. The Morgan fingerprint density at radius 1 is 1.04 bits per heavy atom. The Hall–Kier alpha value is -1.57. The molecular formula is C25H42O2. The Labute approximate surface area is 168 Å². The van der Waals surface area contributed by atoms with Gasteiger partial charge in [0.15, 0.2) is 0 Å². The highest BCUT2D eigenvalue weighted by molar-refractivity contribution is 5.66. The Morgan fingerprint density at radius 3 is 2.30 bits per heavy atom. The summed E-state index contributed by atoms with van der Waals surface area (Å²) in [5.41, 5.74) is 1.50. The second-order valence-electron chi connectivity index (χ2n) is 7.09. The molecule has 1 aliphatic carbocycles. The van der Waals surface area contributed by atoms with Crippen molar-refractivity contribution in [3.63, 3.8) is 0 Å². The number of rotatable bonds is 10. The minimum Gasteiger partial charge on any atom is -0.481 e. The molecule has 0 atom stereocenters. The number of carbonyl (C=O) groups is 1. The van der Waals surface area contributed by atoms with Crippen molar-refractivity contribution >= 4 is 5.97 Å². The third-order valence-electron chi connectivity index (χ3n) is 4.89. The van der Waals surface area contributed by atoms with Crippen molar-refractivity contribution in [2.24, 2.45) is 5.92 Å². The molecule has 27 heavy (non-hydrogen) atoms. The molecule has 0 saturated heterocycles. The normalized spacial score (nSPS) is 13.6. The molecule has 2 rings (SSSR count). The van der Waals surface area contributed by atoms with Crippen LogP contribution in [-0.4, -0.2) is 11.1 Å². The van der Waals surface area contributed by atoms with E-state index in [1.165, 1.54) is 63.4 Å². The summed E-state index contributed by atoms with van der Waals surface area (Å²) in [4.78, 5) is 9.94. The fraction of sp³-hybridized carbons (Fsp3) is 0.640. The van der Waals surface area contributed by atoms with Gasteiger partial charge in [-0.3, -0.25) is 4.79 Å². The highest BCUT2D eigenvalue weighted by Crippen LogP contribution is 2.29. The maximum absolute atomic E-state index is 9.94. The Balaban J connectivity index is 0.000000528. The molecule has 1 aromatic carbocycles. The first-order valence-corrected chi connectivity index (χ1v) is 11.1. The zero-order chi connectivity index (χ0) is 20.2. The molecule has 1 saturated carbocycles. The highest BCUT2D eigenvalue weighted by atomic mass is 16.4. The van der Waals surface area contributed by atoms with Crippen molar-refractivity contribution in [1.29, 1.82) is 0 Å². The molecule has 0 bridgehead atoms. The number of allylic oxidation sites excluding steroid dienone is 2. The van der Waals surface area contributed by atoms with Crippen LogP contribution in [0.15, 0.2) is 42.5 Å². The first-order chi connectivity index (χ1) is 13.2. The van der Waals surface area contributed by atoms with Crippen LogP contribution < -0.4 is 0 Å². The number of carboxylic acid groups (broad SMARTS) is 1.